The van der Waals surface area contributed by atoms with Crippen molar-refractivity contribution in [2.45, 2.75) is 33.1 Å². The van der Waals surface area contributed by atoms with Crippen LogP contribution in [0, 0.1) is 18.8 Å². The largest absolute Gasteiger partial charge is 0.366 e. The number of carbonyl (C=O) groups is 1. The van der Waals surface area contributed by atoms with E-state index in [1.807, 2.05) is 38.4 Å². The fourth-order valence-electron chi connectivity index (χ4n) is 4.16. The molecule has 2 aromatic heterocycles. The highest BCUT2D eigenvalue weighted by Gasteiger charge is 2.26. The zero-order valence-electron chi connectivity index (χ0n) is 19.9. The number of allylic oxidation sites excluding steroid dienone is 2. The van der Waals surface area contributed by atoms with Gasteiger partial charge in [0.1, 0.15) is 11.6 Å². The molecule has 1 fully saturated rings. The molecule has 0 saturated carbocycles. The number of hydrogen-bond acceptors (Lipinski definition) is 6. The lowest BCUT2D eigenvalue weighted by atomic mass is 9.93. The van der Waals surface area contributed by atoms with E-state index >= 15 is 0 Å². The Hall–Kier alpha value is -2.80. The highest BCUT2D eigenvalue weighted by molar-refractivity contribution is 8.11. The molecule has 2 aliphatic rings. The van der Waals surface area contributed by atoms with E-state index in [9.17, 15) is 4.79 Å². The molecule has 174 valence electrons. The maximum atomic E-state index is 12.1. The van der Waals surface area contributed by atoms with Gasteiger partial charge in [0.2, 0.25) is 5.91 Å². The Morgan fingerprint density at radius 3 is 2.70 bits per heavy atom. The summed E-state index contributed by atoms with van der Waals surface area (Å²) in [4.78, 5) is 26.7. The number of thioether (sulfide) groups is 1. The van der Waals surface area contributed by atoms with Crippen LogP contribution >= 0.6 is 11.8 Å². The zero-order chi connectivity index (χ0) is 23.4. The molecule has 0 bridgehead atoms. The molecule has 0 radical (unpaired) electrons. The Labute approximate surface area is 201 Å². The zero-order valence-corrected chi connectivity index (χ0v) is 20.7. The smallest absolute Gasteiger partial charge is 0.222 e. The Morgan fingerprint density at radius 1 is 1.18 bits per heavy atom. The number of pyridine rings is 2. The van der Waals surface area contributed by atoms with E-state index in [4.69, 9.17) is 4.98 Å². The maximum absolute atomic E-state index is 12.1. The molecule has 1 unspecified atom stereocenters. The number of piperidine rings is 1. The minimum atomic E-state index is 0.235. The number of carbonyl (C=O) groups excluding carboxylic acids is 1. The molecule has 1 atom stereocenters. The standard InChI is InChI=1S/C26H33N5OS/c1-18-8-11-27-24(15-18)29-23-7-5-6-21(28-23)22-14-19(2)16-26(33-22)31-12-9-20(10-13-31)17-25(32)30(3)4/h5-8,11,14-16,19-20H,9-10,12-13,17H2,1-4H3,(H,27,28,29). The lowest BCUT2D eigenvalue weighted by Crippen LogP contribution is -2.35. The Kier molecular flexibility index (Phi) is 7.38. The number of aromatic nitrogens is 2. The summed E-state index contributed by atoms with van der Waals surface area (Å²) in [6, 6.07) is 10.1. The second kappa shape index (κ2) is 10.4. The van der Waals surface area contributed by atoms with E-state index in [0.29, 0.717) is 18.3 Å². The van der Waals surface area contributed by atoms with E-state index in [1.165, 1.54) is 9.93 Å². The third-order valence-electron chi connectivity index (χ3n) is 6.10. The van der Waals surface area contributed by atoms with Crippen molar-refractivity contribution in [1.29, 1.82) is 0 Å². The first-order chi connectivity index (χ1) is 15.9. The molecule has 4 heterocycles. The van der Waals surface area contributed by atoms with Gasteiger partial charge >= 0.3 is 0 Å². The highest BCUT2D eigenvalue weighted by Crippen LogP contribution is 2.41. The quantitative estimate of drug-likeness (QED) is 0.629. The predicted molar refractivity (Wildman–Crippen MR) is 137 cm³/mol. The summed E-state index contributed by atoms with van der Waals surface area (Å²) in [6.45, 7) is 6.27. The number of nitrogens with zero attached hydrogens (tertiary/aromatic N) is 4. The Balaban J connectivity index is 1.40. The van der Waals surface area contributed by atoms with Gasteiger partial charge in [-0.2, -0.15) is 0 Å². The van der Waals surface area contributed by atoms with Gasteiger partial charge in [-0.1, -0.05) is 30.8 Å². The van der Waals surface area contributed by atoms with Crippen molar-refractivity contribution in [2.24, 2.45) is 11.8 Å². The van der Waals surface area contributed by atoms with Gasteiger partial charge < -0.3 is 15.1 Å². The minimum Gasteiger partial charge on any atom is -0.366 e. The fraction of sp³-hybridized carbons (Fsp3) is 0.423. The molecule has 4 rings (SSSR count). The molecule has 1 N–H and O–H groups in total. The first kappa shape index (κ1) is 23.4. The van der Waals surface area contributed by atoms with Crippen molar-refractivity contribution in [2.75, 3.05) is 32.5 Å². The number of hydrogen-bond donors (Lipinski definition) is 1. The van der Waals surface area contributed by atoms with Crippen molar-refractivity contribution in [3.05, 3.63) is 65.0 Å². The molecule has 6 nitrogen and oxygen atoms in total. The van der Waals surface area contributed by atoms with Crippen LogP contribution in [0.1, 0.15) is 37.4 Å². The number of aryl methyl sites for hydroxylation is 1. The van der Waals surface area contributed by atoms with E-state index in [0.717, 1.165) is 48.8 Å². The number of anilines is 2. The summed E-state index contributed by atoms with van der Waals surface area (Å²) >= 11 is 1.80. The third-order valence-corrected chi connectivity index (χ3v) is 7.26. The molecule has 1 saturated heterocycles. The average Bonchev–Trinajstić information content (AvgIpc) is 2.79. The van der Waals surface area contributed by atoms with Gasteiger partial charge in [0.25, 0.3) is 0 Å². The van der Waals surface area contributed by atoms with Crippen LogP contribution in [0.15, 0.2) is 53.7 Å². The van der Waals surface area contributed by atoms with Crippen LogP contribution < -0.4 is 5.32 Å². The average molecular weight is 464 g/mol. The normalized spacial score (nSPS) is 19.0. The SMILES string of the molecule is Cc1ccnc(Nc2cccc(C3=CC(C)C=C(N4CCC(CC(=O)N(C)C)CC4)S3)n2)c1. The van der Waals surface area contributed by atoms with Crippen molar-refractivity contribution in [3.8, 4) is 0 Å². The van der Waals surface area contributed by atoms with Crippen molar-refractivity contribution in [3.63, 3.8) is 0 Å². The van der Waals surface area contributed by atoms with Gasteiger partial charge in [0.15, 0.2) is 0 Å². The molecule has 2 aliphatic heterocycles. The second-order valence-corrected chi connectivity index (χ2v) is 10.2. The Bertz CT molecular complexity index is 1060. The van der Waals surface area contributed by atoms with Gasteiger partial charge in [0.05, 0.1) is 10.7 Å². The molecule has 7 heteroatoms. The molecule has 33 heavy (non-hydrogen) atoms. The summed E-state index contributed by atoms with van der Waals surface area (Å²) < 4.78 is 0. The van der Waals surface area contributed by atoms with Crippen molar-refractivity contribution >= 4 is 34.2 Å². The molecule has 2 aromatic rings. The van der Waals surface area contributed by atoms with Crippen LogP contribution in [0.3, 0.4) is 0 Å². The van der Waals surface area contributed by atoms with Gasteiger partial charge in [-0.15, -0.1) is 0 Å². The summed E-state index contributed by atoms with van der Waals surface area (Å²) in [7, 11) is 3.68. The van der Waals surface area contributed by atoms with Crippen LogP contribution in [-0.4, -0.2) is 52.9 Å². The maximum Gasteiger partial charge on any atom is 0.222 e. The van der Waals surface area contributed by atoms with Crippen LogP contribution in [0.5, 0.6) is 0 Å². The molecule has 0 aromatic carbocycles. The van der Waals surface area contributed by atoms with Crippen LogP contribution in [0.25, 0.3) is 4.91 Å². The first-order valence-corrected chi connectivity index (χ1v) is 12.4. The van der Waals surface area contributed by atoms with Gasteiger partial charge in [-0.3, -0.25) is 4.79 Å². The van der Waals surface area contributed by atoms with Crippen molar-refractivity contribution in [1.82, 2.24) is 19.8 Å². The molecule has 1 amide bonds. The lowest BCUT2D eigenvalue weighted by molar-refractivity contribution is -0.130. The number of likely N-dealkylation sites (tertiary alicyclic amines) is 1. The molecule has 0 spiro atoms. The van der Waals surface area contributed by atoms with Gasteiger partial charge in [-0.25, -0.2) is 9.97 Å². The summed E-state index contributed by atoms with van der Waals surface area (Å²) in [5.74, 6) is 2.66. The predicted octanol–water partition coefficient (Wildman–Crippen LogP) is 5.28. The van der Waals surface area contributed by atoms with Crippen molar-refractivity contribution < 1.29 is 4.79 Å². The summed E-state index contributed by atoms with van der Waals surface area (Å²) in [5, 5.41) is 4.63. The van der Waals surface area contributed by atoms with Crippen LogP contribution in [0.2, 0.25) is 0 Å². The molecular formula is C26H33N5OS. The van der Waals surface area contributed by atoms with E-state index in [1.54, 1.807) is 22.9 Å². The van der Waals surface area contributed by atoms with E-state index < -0.39 is 0 Å². The minimum absolute atomic E-state index is 0.235. The number of nitrogens with one attached hydrogen (secondary N) is 1. The monoisotopic (exact) mass is 463 g/mol. The van der Waals surface area contributed by atoms with Crippen LogP contribution in [-0.2, 0) is 4.79 Å². The fourth-order valence-corrected chi connectivity index (χ4v) is 5.49. The highest BCUT2D eigenvalue weighted by atomic mass is 32.2. The Morgan fingerprint density at radius 2 is 1.97 bits per heavy atom. The summed E-state index contributed by atoms with van der Waals surface area (Å²) in [5.41, 5.74) is 2.13. The van der Waals surface area contributed by atoms with E-state index in [-0.39, 0.29) is 5.91 Å². The van der Waals surface area contributed by atoms with Gasteiger partial charge in [-0.05, 0) is 67.5 Å². The summed E-state index contributed by atoms with van der Waals surface area (Å²) in [6.07, 6.45) is 9.22. The lowest BCUT2D eigenvalue weighted by Gasteiger charge is -2.36. The first-order valence-electron chi connectivity index (χ1n) is 11.6. The van der Waals surface area contributed by atoms with E-state index in [2.05, 4.69) is 47.3 Å². The van der Waals surface area contributed by atoms with Gasteiger partial charge in [0, 0.05) is 44.7 Å². The number of rotatable bonds is 6. The number of amides is 1. The molecular weight excluding hydrogens is 430 g/mol. The topological polar surface area (TPSA) is 61.4 Å². The third kappa shape index (κ3) is 6.16. The van der Waals surface area contributed by atoms with Crippen LogP contribution in [0.4, 0.5) is 11.6 Å². The molecule has 0 aliphatic carbocycles. The second-order valence-electron chi connectivity index (χ2n) is 9.17.